The summed E-state index contributed by atoms with van der Waals surface area (Å²) in [5.74, 6) is -0.949. The molecule has 150 valence electrons. The molecular weight excluding hydrogens is 344 g/mol. The van der Waals surface area contributed by atoms with Gasteiger partial charge < -0.3 is 16.8 Å². The van der Waals surface area contributed by atoms with Crippen LogP contribution >= 0.6 is 0 Å². The van der Waals surface area contributed by atoms with Crippen molar-refractivity contribution >= 4 is 23.5 Å². The number of rotatable bonds is 13. The van der Waals surface area contributed by atoms with E-state index in [1.54, 1.807) is 30.3 Å². The highest BCUT2D eigenvalue weighted by atomic mass is 16.2. The average Bonchev–Trinajstić information content (AvgIpc) is 2.64. The summed E-state index contributed by atoms with van der Waals surface area (Å²) >= 11 is 0. The fraction of sp³-hybridized carbons (Fsp3) is 0.550. The maximum atomic E-state index is 12.1. The molecule has 0 unspecified atom stereocenters. The molecule has 0 aromatic heterocycles. The number of carbonyl (C=O) groups is 3. The zero-order valence-corrected chi connectivity index (χ0v) is 16.2. The van der Waals surface area contributed by atoms with Crippen molar-refractivity contribution in [2.45, 2.75) is 64.3 Å². The van der Waals surface area contributed by atoms with Gasteiger partial charge in [0, 0.05) is 12.1 Å². The van der Waals surface area contributed by atoms with Crippen LogP contribution in [0.3, 0.4) is 0 Å². The lowest BCUT2D eigenvalue weighted by atomic mass is 10.1. The quantitative estimate of drug-likeness (QED) is 0.459. The molecule has 1 rings (SSSR count). The molecule has 0 fully saturated rings. The van der Waals surface area contributed by atoms with Gasteiger partial charge in [0.25, 0.3) is 0 Å². The molecule has 0 aliphatic rings. The van der Waals surface area contributed by atoms with E-state index in [-0.39, 0.29) is 12.5 Å². The minimum atomic E-state index is -0.991. The molecule has 7 heteroatoms. The Labute approximate surface area is 161 Å². The second-order valence-electron chi connectivity index (χ2n) is 6.68. The normalized spacial score (nSPS) is 11.6. The van der Waals surface area contributed by atoms with Crippen molar-refractivity contribution in [3.05, 3.63) is 30.3 Å². The van der Waals surface area contributed by atoms with Crippen LogP contribution in [0.25, 0.3) is 0 Å². The molecule has 0 aliphatic heterocycles. The molecule has 7 nitrogen and oxygen atoms in total. The van der Waals surface area contributed by atoms with Gasteiger partial charge in [-0.3, -0.25) is 14.5 Å². The van der Waals surface area contributed by atoms with E-state index >= 15 is 0 Å². The number of nitrogens with two attached hydrogens (primary N) is 2. The van der Waals surface area contributed by atoms with Gasteiger partial charge in [-0.15, -0.1) is 0 Å². The van der Waals surface area contributed by atoms with Crippen LogP contribution in [0.4, 0.5) is 10.5 Å². The zero-order chi connectivity index (χ0) is 20.1. The van der Waals surface area contributed by atoms with Crippen molar-refractivity contribution in [3.63, 3.8) is 0 Å². The summed E-state index contributed by atoms with van der Waals surface area (Å²) in [7, 11) is 0. The Kier molecular flexibility index (Phi) is 10.6. The Hall–Kier alpha value is -2.57. The van der Waals surface area contributed by atoms with Crippen molar-refractivity contribution in [1.82, 2.24) is 5.32 Å². The van der Waals surface area contributed by atoms with E-state index in [1.807, 2.05) is 0 Å². The maximum Gasteiger partial charge on any atom is 0.319 e. The van der Waals surface area contributed by atoms with Crippen LogP contribution in [0.1, 0.15) is 58.3 Å². The van der Waals surface area contributed by atoms with E-state index in [0.717, 1.165) is 19.3 Å². The third kappa shape index (κ3) is 9.08. The number of hydrogen-bond acceptors (Lipinski definition) is 3. The number of unbranched alkanes of at least 4 members (excludes halogenated alkanes) is 6. The molecular formula is C20H32N4O3. The maximum absolute atomic E-state index is 12.1. The van der Waals surface area contributed by atoms with E-state index in [4.69, 9.17) is 11.5 Å². The number of nitrogens with one attached hydrogen (secondary N) is 1. The molecule has 1 aromatic carbocycles. The van der Waals surface area contributed by atoms with Gasteiger partial charge in [0.15, 0.2) is 0 Å². The lowest BCUT2D eigenvalue weighted by molar-refractivity contribution is -0.127. The molecule has 0 saturated carbocycles. The molecule has 1 atom stereocenters. The van der Waals surface area contributed by atoms with E-state index < -0.39 is 18.0 Å². The number of nitrogens with zero attached hydrogens (tertiary/aromatic N) is 1. The van der Waals surface area contributed by atoms with Crippen molar-refractivity contribution in [3.8, 4) is 0 Å². The van der Waals surface area contributed by atoms with Crippen LogP contribution in [0, 0.1) is 0 Å². The van der Waals surface area contributed by atoms with Crippen LogP contribution in [-0.2, 0) is 9.59 Å². The van der Waals surface area contributed by atoms with Crippen LogP contribution < -0.4 is 21.7 Å². The summed E-state index contributed by atoms with van der Waals surface area (Å²) in [6.45, 7) is 2.08. The molecule has 5 N–H and O–H groups in total. The summed E-state index contributed by atoms with van der Waals surface area (Å²) in [4.78, 5) is 36.8. The molecule has 0 radical (unpaired) electrons. The van der Waals surface area contributed by atoms with Crippen molar-refractivity contribution in [2.75, 3.05) is 11.4 Å². The standard InChI is InChI=1S/C20H32N4O3/c1-2-3-4-5-6-7-11-14-18(25)23-17(19(21)26)15-24(20(22)27)16-12-9-8-10-13-16/h8-10,12-13,17H,2-7,11,14-15H2,1H3,(H2,21,26)(H2,22,27)(H,23,25)/t17-/m0/s1. The predicted molar refractivity (Wildman–Crippen MR) is 107 cm³/mol. The summed E-state index contributed by atoms with van der Waals surface area (Å²) in [5.41, 5.74) is 11.4. The third-order valence-electron chi connectivity index (χ3n) is 4.39. The van der Waals surface area contributed by atoms with Crippen molar-refractivity contribution in [2.24, 2.45) is 11.5 Å². The summed E-state index contributed by atoms with van der Waals surface area (Å²) in [5, 5.41) is 2.62. The fourth-order valence-corrected chi connectivity index (χ4v) is 2.83. The first-order valence-corrected chi connectivity index (χ1v) is 9.66. The molecule has 4 amide bonds. The monoisotopic (exact) mass is 376 g/mol. The summed E-state index contributed by atoms with van der Waals surface area (Å²) in [6, 6.07) is 7.00. The molecule has 27 heavy (non-hydrogen) atoms. The first-order valence-electron chi connectivity index (χ1n) is 9.66. The zero-order valence-electron chi connectivity index (χ0n) is 16.2. The third-order valence-corrected chi connectivity index (χ3v) is 4.39. The van der Waals surface area contributed by atoms with Crippen LogP contribution in [0.5, 0.6) is 0 Å². The largest absolute Gasteiger partial charge is 0.368 e. The second-order valence-corrected chi connectivity index (χ2v) is 6.68. The van der Waals surface area contributed by atoms with Gasteiger partial charge in [0.05, 0.1) is 6.54 Å². The Bertz CT molecular complexity index is 592. The highest BCUT2D eigenvalue weighted by Crippen LogP contribution is 2.13. The Morgan fingerprint density at radius 3 is 2.11 bits per heavy atom. The van der Waals surface area contributed by atoms with E-state index in [9.17, 15) is 14.4 Å². The number of benzene rings is 1. The van der Waals surface area contributed by atoms with Crippen LogP contribution in [-0.4, -0.2) is 30.4 Å². The number of primary amides is 2. The highest BCUT2D eigenvalue weighted by Gasteiger charge is 2.24. The van der Waals surface area contributed by atoms with Crippen molar-refractivity contribution in [1.29, 1.82) is 0 Å². The number of anilines is 1. The number of hydrogen-bond donors (Lipinski definition) is 3. The minimum absolute atomic E-state index is 0.0998. The van der Waals surface area contributed by atoms with Gasteiger partial charge in [-0.2, -0.15) is 0 Å². The van der Waals surface area contributed by atoms with Gasteiger partial charge in [-0.25, -0.2) is 4.79 Å². The van der Waals surface area contributed by atoms with E-state index in [1.165, 1.54) is 30.6 Å². The van der Waals surface area contributed by atoms with Crippen molar-refractivity contribution < 1.29 is 14.4 Å². The van der Waals surface area contributed by atoms with Gasteiger partial charge in [0.1, 0.15) is 6.04 Å². The second kappa shape index (κ2) is 12.7. The Balaban J connectivity index is 2.49. The molecule has 0 bridgehead atoms. The molecule has 0 saturated heterocycles. The topological polar surface area (TPSA) is 119 Å². The summed E-state index contributed by atoms with van der Waals surface area (Å²) in [6.07, 6.45) is 8.06. The average molecular weight is 377 g/mol. The number of para-hydroxylation sites is 1. The fourth-order valence-electron chi connectivity index (χ4n) is 2.83. The lowest BCUT2D eigenvalue weighted by Gasteiger charge is -2.25. The number of urea groups is 1. The van der Waals surface area contributed by atoms with Crippen LogP contribution in [0.2, 0.25) is 0 Å². The first-order chi connectivity index (χ1) is 13.0. The SMILES string of the molecule is CCCCCCCCCC(=O)N[C@@H](CN(C(N)=O)c1ccccc1)C(N)=O. The van der Waals surface area contributed by atoms with Gasteiger partial charge in [-0.1, -0.05) is 63.6 Å². The van der Waals surface area contributed by atoms with Gasteiger partial charge in [-0.05, 0) is 18.6 Å². The molecule has 0 aliphatic carbocycles. The Morgan fingerprint density at radius 2 is 1.56 bits per heavy atom. The predicted octanol–water partition coefficient (Wildman–Crippen LogP) is 2.68. The highest BCUT2D eigenvalue weighted by molar-refractivity contribution is 5.93. The molecule has 0 heterocycles. The Morgan fingerprint density at radius 1 is 0.963 bits per heavy atom. The van der Waals surface area contributed by atoms with E-state index in [0.29, 0.717) is 12.1 Å². The van der Waals surface area contributed by atoms with Gasteiger partial charge in [0.2, 0.25) is 11.8 Å². The van der Waals surface area contributed by atoms with E-state index in [2.05, 4.69) is 12.2 Å². The van der Waals surface area contributed by atoms with Gasteiger partial charge >= 0.3 is 6.03 Å². The molecule has 1 aromatic rings. The smallest absolute Gasteiger partial charge is 0.319 e. The summed E-state index contributed by atoms with van der Waals surface area (Å²) < 4.78 is 0. The lowest BCUT2D eigenvalue weighted by Crippen LogP contribution is -2.53. The van der Waals surface area contributed by atoms with Crippen LogP contribution in [0.15, 0.2) is 30.3 Å². The number of carbonyl (C=O) groups excluding carboxylic acids is 3. The minimum Gasteiger partial charge on any atom is -0.368 e. The number of amides is 4. The first kappa shape index (κ1) is 22.5. The molecule has 0 spiro atoms.